The van der Waals surface area contributed by atoms with E-state index in [1.807, 2.05) is 9.58 Å². The number of amides is 1. The molecule has 2 aliphatic heterocycles. The van der Waals surface area contributed by atoms with Crippen molar-refractivity contribution in [3.05, 3.63) is 23.5 Å². The van der Waals surface area contributed by atoms with Crippen LogP contribution in [0.2, 0.25) is 0 Å². The first kappa shape index (κ1) is 13.0. The predicted octanol–water partition coefficient (Wildman–Crippen LogP) is 1.45. The number of hydrogen-bond acceptors (Lipinski definition) is 4. The molecule has 4 rings (SSSR count). The number of aromatic nitrogens is 3. The Labute approximate surface area is 123 Å². The van der Waals surface area contributed by atoms with E-state index >= 15 is 0 Å². The first-order chi connectivity index (χ1) is 10.3. The largest absolute Gasteiger partial charge is 0.370 e. The maximum atomic E-state index is 12.5. The van der Waals surface area contributed by atoms with Crippen LogP contribution in [0.5, 0.6) is 0 Å². The number of carbonyl (C=O) groups is 1. The smallest absolute Gasteiger partial charge is 0.226 e. The second kappa shape index (κ2) is 5.26. The molecular formula is C15H20N4O2. The Hall–Kier alpha value is -1.69. The third-order valence-corrected chi connectivity index (χ3v) is 4.79. The molecule has 6 heteroatoms. The van der Waals surface area contributed by atoms with Crippen LogP contribution >= 0.6 is 0 Å². The fourth-order valence-electron chi connectivity index (χ4n) is 3.61. The molecule has 3 heterocycles. The van der Waals surface area contributed by atoms with E-state index in [4.69, 9.17) is 4.74 Å². The molecule has 1 aliphatic carbocycles. The minimum absolute atomic E-state index is 0.117. The van der Waals surface area contributed by atoms with Gasteiger partial charge in [0.15, 0.2) is 0 Å². The molecule has 0 aromatic carbocycles. The number of nitrogens with zero attached hydrogens (tertiary/aromatic N) is 4. The van der Waals surface area contributed by atoms with Crippen molar-refractivity contribution in [3.63, 3.8) is 0 Å². The van der Waals surface area contributed by atoms with Gasteiger partial charge in [-0.05, 0) is 25.7 Å². The van der Waals surface area contributed by atoms with E-state index in [1.165, 1.54) is 12.0 Å². The Kier molecular flexibility index (Phi) is 3.25. The lowest BCUT2D eigenvalue weighted by Crippen LogP contribution is -2.49. The third kappa shape index (κ3) is 2.37. The highest BCUT2D eigenvalue weighted by Gasteiger charge is 2.37. The highest BCUT2D eigenvalue weighted by Crippen LogP contribution is 2.31. The van der Waals surface area contributed by atoms with Crippen LogP contribution in [-0.4, -0.2) is 45.0 Å². The van der Waals surface area contributed by atoms with Crippen molar-refractivity contribution in [2.24, 2.45) is 0 Å². The van der Waals surface area contributed by atoms with Crippen LogP contribution in [0.1, 0.15) is 43.8 Å². The molecule has 0 bridgehead atoms. The molecule has 1 saturated heterocycles. The highest BCUT2D eigenvalue weighted by atomic mass is 16.5. The Bertz CT molecular complexity index is 580. The summed E-state index contributed by atoms with van der Waals surface area (Å²) in [6.07, 6.45) is 9.02. The molecule has 0 N–H and O–H groups in total. The number of ether oxygens (including phenoxy) is 1. The average Bonchev–Trinajstić information content (AvgIpc) is 3.17. The topological polar surface area (TPSA) is 60.3 Å². The Morgan fingerprint density at radius 3 is 3.29 bits per heavy atom. The maximum absolute atomic E-state index is 12.5. The van der Waals surface area contributed by atoms with E-state index in [2.05, 4.69) is 16.4 Å². The molecule has 1 aromatic heterocycles. The summed E-state index contributed by atoms with van der Waals surface area (Å²) in [6.45, 7) is 2.06. The van der Waals surface area contributed by atoms with Crippen molar-refractivity contribution in [1.82, 2.24) is 19.9 Å². The van der Waals surface area contributed by atoms with E-state index < -0.39 is 0 Å². The third-order valence-electron chi connectivity index (χ3n) is 4.79. The van der Waals surface area contributed by atoms with Crippen molar-refractivity contribution in [2.75, 3.05) is 13.1 Å². The molecular weight excluding hydrogens is 268 g/mol. The monoisotopic (exact) mass is 288 g/mol. The molecule has 3 aliphatic rings. The van der Waals surface area contributed by atoms with Crippen molar-refractivity contribution in [3.8, 4) is 0 Å². The summed E-state index contributed by atoms with van der Waals surface area (Å²) in [6, 6.07) is 0.117. The predicted molar refractivity (Wildman–Crippen MR) is 75.4 cm³/mol. The average molecular weight is 288 g/mol. The van der Waals surface area contributed by atoms with Gasteiger partial charge in [0.2, 0.25) is 5.91 Å². The molecule has 21 heavy (non-hydrogen) atoms. The maximum Gasteiger partial charge on any atom is 0.226 e. The Morgan fingerprint density at radius 2 is 2.43 bits per heavy atom. The normalized spacial score (nSPS) is 28.0. The molecule has 2 atom stereocenters. The van der Waals surface area contributed by atoms with Gasteiger partial charge < -0.3 is 9.64 Å². The Balaban J connectivity index is 1.47. The van der Waals surface area contributed by atoms with E-state index in [0.717, 1.165) is 31.5 Å². The van der Waals surface area contributed by atoms with Gasteiger partial charge in [-0.2, -0.15) is 0 Å². The van der Waals surface area contributed by atoms with Crippen molar-refractivity contribution >= 4 is 5.91 Å². The highest BCUT2D eigenvalue weighted by molar-refractivity contribution is 5.79. The number of carbonyl (C=O) groups excluding carboxylic acids is 1. The van der Waals surface area contributed by atoms with E-state index in [-0.39, 0.29) is 18.1 Å². The van der Waals surface area contributed by atoms with Crippen LogP contribution < -0.4 is 0 Å². The molecule has 1 amide bonds. The molecule has 1 aromatic rings. The summed E-state index contributed by atoms with van der Waals surface area (Å²) in [7, 11) is 0. The molecule has 1 fully saturated rings. The zero-order chi connectivity index (χ0) is 14.2. The molecule has 0 spiro atoms. The summed E-state index contributed by atoms with van der Waals surface area (Å²) in [5, 5.41) is 8.14. The zero-order valence-corrected chi connectivity index (χ0v) is 12.1. The van der Waals surface area contributed by atoms with E-state index in [1.54, 1.807) is 6.20 Å². The van der Waals surface area contributed by atoms with Gasteiger partial charge in [0.05, 0.1) is 30.6 Å². The van der Waals surface area contributed by atoms with Gasteiger partial charge in [-0.15, -0.1) is 5.10 Å². The van der Waals surface area contributed by atoms with Crippen molar-refractivity contribution < 1.29 is 9.53 Å². The number of rotatable bonds is 2. The number of fused-ring (bicyclic) bond motifs is 3. The lowest BCUT2D eigenvalue weighted by Gasteiger charge is -2.41. The van der Waals surface area contributed by atoms with Crippen LogP contribution in [-0.2, 0) is 16.1 Å². The summed E-state index contributed by atoms with van der Waals surface area (Å²) < 4.78 is 7.82. The number of likely N-dealkylation sites (tertiary alicyclic amines) is 1. The number of hydrogen-bond donors (Lipinski definition) is 0. The second-order valence-electron chi connectivity index (χ2n) is 6.15. The van der Waals surface area contributed by atoms with Gasteiger partial charge in [-0.1, -0.05) is 16.9 Å². The van der Waals surface area contributed by atoms with Crippen LogP contribution in [0.4, 0.5) is 0 Å². The van der Waals surface area contributed by atoms with Crippen LogP contribution in [0.3, 0.4) is 0 Å². The summed E-state index contributed by atoms with van der Waals surface area (Å²) in [5.41, 5.74) is 2.31. The van der Waals surface area contributed by atoms with Gasteiger partial charge in [-0.25, -0.2) is 4.68 Å². The molecule has 0 unspecified atom stereocenters. The fourth-order valence-corrected chi connectivity index (χ4v) is 3.61. The van der Waals surface area contributed by atoms with Crippen LogP contribution in [0, 0.1) is 0 Å². The summed E-state index contributed by atoms with van der Waals surface area (Å²) in [4.78, 5) is 14.5. The van der Waals surface area contributed by atoms with Crippen molar-refractivity contribution in [2.45, 2.75) is 50.9 Å². The summed E-state index contributed by atoms with van der Waals surface area (Å²) in [5.74, 6) is 0.244. The quantitative estimate of drug-likeness (QED) is 0.773. The minimum atomic E-state index is 0.117. The van der Waals surface area contributed by atoms with Crippen LogP contribution in [0.15, 0.2) is 17.8 Å². The molecule has 0 saturated carbocycles. The Morgan fingerprint density at radius 1 is 1.48 bits per heavy atom. The molecule has 0 radical (unpaired) electrons. The van der Waals surface area contributed by atoms with E-state index in [0.29, 0.717) is 19.6 Å². The lowest BCUT2D eigenvalue weighted by atomic mass is 9.99. The lowest BCUT2D eigenvalue weighted by molar-refractivity contribution is -0.137. The second-order valence-corrected chi connectivity index (χ2v) is 6.15. The standard InChI is InChI=1S/C15H20N4O2/c20-15(7-11-3-1-2-4-11)18-6-5-14-13(9-18)19-12(10-21-14)8-16-17-19/h3,8,13-14H,1-2,4-7,9-10H2/t13-,14-/m0/s1. The van der Waals surface area contributed by atoms with Gasteiger partial charge in [-0.3, -0.25) is 4.79 Å². The SMILES string of the molecule is O=C(CC1=CCCC1)N1CC[C@@H]2OCc3cnnn3[C@H]2C1. The van der Waals surface area contributed by atoms with Gasteiger partial charge in [0, 0.05) is 19.5 Å². The van der Waals surface area contributed by atoms with E-state index in [9.17, 15) is 4.79 Å². The number of allylic oxidation sites excluding steroid dienone is 1. The molecule has 112 valence electrons. The van der Waals surface area contributed by atoms with Gasteiger partial charge in [0.25, 0.3) is 0 Å². The van der Waals surface area contributed by atoms with Crippen molar-refractivity contribution in [1.29, 1.82) is 0 Å². The first-order valence-corrected chi connectivity index (χ1v) is 7.77. The fraction of sp³-hybridized carbons (Fsp3) is 0.667. The first-order valence-electron chi connectivity index (χ1n) is 7.77. The van der Waals surface area contributed by atoms with Gasteiger partial charge >= 0.3 is 0 Å². The molecule has 6 nitrogen and oxygen atoms in total. The number of piperidine rings is 1. The minimum Gasteiger partial charge on any atom is -0.370 e. The summed E-state index contributed by atoms with van der Waals surface area (Å²) >= 11 is 0. The zero-order valence-electron chi connectivity index (χ0n) is 12.1. The van der Waals surface area contributed by atoms with Gasteiger partial charge in [0.1, 0.15) is 0 Å². The van der Waals surface area contributed by atoms with Crippen LogP contribution in [0.25, 0.3) is 0 Å².